The van der Waals surface area contributed by atoms with E-state index in [-0.39, 0.29) is 5.78 Å². The summed E-state index contributed by atoms with van der Waals surface area (Å²) >= 11 is 0. The van der Waals surface area contributed by atoms with Gasteiger partial charge in [0.15, 0.2) is 0 Å². The van der Waals surface area contributed by atoms with Crippen molar-refractivity contribution in [3.63, 3.8) is 0 Å². The van der Waals surface area contributed by atoms with Crippen LogP contribution in [-0.4, -0.2) is 35.1 Å². The molecule has 6 heteroatoms. The molecule has 128 valence electrons. The molecule has 0 aliphatic heterocycles. The summed E-state index contributed by atoms with van der Waals surface area (Å²) in [7, 11) is 0. The SMILES string of the molecule is CCC(NC(=O)OC(C)(C)C)C(C(C)=O)C(=O)OC(C)(C)C. The van der Waals surface area contributed by atoms with Gasteiger partial charge in [0.25, 0.3) is 0 Å². The fourth-order valence-corrected chi connectivity index (χ4v) is 1.86. The van der Waals surface area contributed by atoms with Crippen molar-refractivity contribution >= 4 is 17.8 Å². The van der Waals surface area contributed by atoms with E-state index in [9.17, 15) is 14.4 Å². The third-order valence-electron chi connectivity index (χ3n) is 2.64. The van der Waals surface area contributed by atoms with Gasteiger partial charge in [-0.15, -0.1) is 0 Å². The summed E-state index contributed by atoms with van der Waals surface area (Å²) in [5.74, 6) is -2.03. The Balaban J connectivity index is 5.07. The van der Waals surface area contributed by atoms with Crippen molar-refractivity contribution in [2.24, 2.45) is 5.92 Å². The first-order valence-electron chi connectivity index (χ1n) is 7.49. The Morgan fingerprint density at radius 3 is 1.73 bits per heavy atom. The Morgan fingerprint density at radius 2 is 1.41 bits per heavy atom. The first-order chi connectivity index (χ1) is 9.76. The van der Waals surface area contributed by atoms with E-state index in [0.29, 0.717) is 6.42 Å². The van der Waals surface area contributed by atoms with Gasteiger partial charge in [-0.3, -0.25) is 9.59 Å². The molecule has 0 saturated heterocycles. The molecule has 0 aromatic carbocycles. The number of alkyl carbamates (subject to hydrolysis) is 1. The summed E-state index contributed by atoms with van der Waals surface area (Å²) < 4.78 is 10.4. The largest absolute Gasteiger partial charge is 0.459 e. The van der Waals surface area contributed by atoms with Crippen molar-refractivity contribution in [2.45, 2.75) is 79.1 Å². The van der Waals surface area contributed by atoms with Crippen LogP contribution in [0.4, 0.5) is 4.79 Å². The second-order valence-corrected chi connectivity index (χ2v) is 7.28. The number of ether oxygens (including phenoxy) is 2. The third kappa shape index (κ3) is 8.00. The highest BCUT2D eigenvalue weighted by molar-refractivity contribution is 5.99. The van der Waals surface area contributed by atoms with E-state index in [0.717, 1.165) is 0 Å². The number of rotatable bonds is 5. The predicted molar refractivity (Wildman–Crippen MR) is 83.5 cm³/mol. The smallest absolute Gasteiger partial charge is 0.407 e. The summed E-state index contributed by atoms with van der Waals surface area (Å²) in [6, 6.07) is -0.665. The molecule has 0 aliphatic carbocycles. The van der Waals surface area contributed by atoms with Gasteiger partial charge in [-0.05, 0) is 54.9 Å². The van der Waals surface area contributed by atoms with Gasteiger partial charge in [-0.1, -0.05) is 6.92 Å². The van der Waals surface area contributed by atoms with Gasteiger partial charge >= 0.3 is 12.1 Å². The van der Waals surface area contributed by atoms with Crippen LogP contribution in [0.15, 0.2) is 0 Å². The Labute approximate surface area is 132 Å². The van der Waals surface area contributed by atoms with Crippen LogP contribution in [0.25, 0.3) is 0 Å². The van der Waals surface area contributed by atoms with Crippen LogP contribution in [0, 0.1) is 5.92 Å². The molecular weight excluding hydrogens is 286 g/mol. The van der Waals surface area contributed by atoms with E-state index in [2.05, 4.69) is 5.32 Å². The molecule has 0 aromatic rings. The van der Waals surface area contributed by atoms with Gasteiger partial charge in [-0.2, -0.15) is 0 Å². The number of Topliss-reactive ketones (excluding diaryl/α,β-unsaturated/α-hetero) is 1. The highest BCUT2D eigenvalue weighted by Crippen LogP contribution is 2.17. The summed E-state index contributed by atoms with van der Waals surface area (Å²) in [6.45, 7) is 13.5. The van der Waals surface area contributed by atoms with Crippen LogP contribution >= 0.6 is 0 Å². The normalized spacial score (nSPS) is 14.7. The molecule has 2 atom stereocenters. The van der Waals surface area contributed by atoms with Crippen molar-refractivity contribution in [2.75, 3.05) is 0 Å². The second kappa shape index (κ2) is 7.61. The number of hydrogen-bond donors (Lipinski definition) is 1. The number of hydrogen-bond acceptors (Lipinski definition) is 5. The minimum atomic E-state index is -1.04. The maximum absolute atomic E-state index is 12.2. The topological polar surface area (TPSA) is 81.7 Å². The molecule has 0 spiro atoms. The average molecular weight is 315 g/mol. The van der Waals surface area contributed by atoms with E-state index in [1.54, 1.807) is 48.5 Å². The standard InChI is InChI=1S/C16H29NO5/c1-9-11(17-14(20)22-16(6,7)8)12(10(2)18)13(19)21-15(3,4)5/h11-12H,9H2,1-8H3,(H,17,20). The molecule has 1 amide bonds. The lowest BCUT2D eigenvalue weighted by Crippen LogP contribution is -2.48. The zero-order chi connectivity index (χ0) is 17.7. The highest BCUT2D eigenvalue weighted by atomic mass is 16.6. The van der Waals surface area contributed by atoms with Crippen LogP contribution in [-0.2, 0) is 19.1 Å². The van der Waals surface area contributed by atoms with Gasteiger partial charge in [0, 0.05) is 0 Å². The molecule has 0 rings (SSSR count). The second-order valence-electron chi connectivity index (χ2n) is 7.28. The number of carbonyl (C=O) groups is 3. The zero-order valence-corrected chi connectivity index (χ0v) is 14.9. The number of amides is 1. The minimum Gasteiger partial charge on any atom is -0.459 e. The summed E-state index contributed by atoms with van der Waals surface area (Å²) in [4.78, 5) is 35.9. The van der Waals surface area contributed by atoms with Crippen molar-refractivity contribution in [1.82, 2.24) is 5.32 Å². The van der Waals surface area contributed by atoms with Gasteiger partial charge in [0.1, 0.15) is 22.9 Å². The Kier molecular flexibility index (Phi) is 7.06. The Bertz CT molecular complexity index is 417. The Morgan fingerprint density at radius 1 is 0.955 bits per heavy atom. The van der Waals surface area contributed by atoms with Gasteiger partial charge < -0.3 is 14.8 Å². The first-order valence-corrected chi connectivity index (χ1v) is 7.49. The molecule has 1 N–H and O–H groups in total. The molecule has 0 radical (unpaired) electrons. The van der Waals surface area contributed by atoms with Crippen molar-refractivity contribution in [1.29, 1.82) is 0 Å². The van der Waals surface area contributed by atoms with Gasteiger partial charge in [0.05, 0.1) is 6.04 Å². The lowest BCUT2D eigenvalue weighted by molar-refractivity contribution is -0.162. The molecular formula is C16H29NO5. The molecule has 2 unspecified atom stereocenters. The van der Waals surface area contributed by atoms with Crippen molar-refractivity contribution in [3.05, 3.63) is 0 Å². The summed E-state index contributed by atoms with van der Waals surface area (Å²) in [5, 5.41) is 2.59. The first kappa shape index (κ1) is 20.4. The molecule has 0 heterocycles. The van der Waals surface area contributed by atoms with Crippen molar-refractivity contribution < 1.29 is 23.9 Å². The minimum absolute atomic E-state index is 0.350. The van der Waals surface area contributed by atoms with Crippen LogP contribution in [0.5, 0.6) is 0 Å². The molecule has 6 nitrogen and oxygen atoms in total. The van der Waals surface area contributed by atoms with E-state index >= 15 is 0 Å². The maximum atomic E-state index is 12.2. The van der Waals surface area contributed by atoms with Crippen LogP contribution < -0.4 is 5.32 Å². The monoisotopic (exact) mass is 315 g/mol. The number of carbonyl (C=O) groups excluding carboxylic acids is 3. The fourth-order valence-electron chi connectivity index (χ4n) is 1.86. The lowest BCUT2D eigenvalue weighted by Gasteiger charge is -2.28. The quantitative estimate of drug-likeness (QED) is 0.623. The molecule has 0 saturated carbocycles. The van der Waals surface area contributed by atoms with E-state index in [1.165, 1.54) is 6.92 Å². The van der Waals surface area contributed by atoms with Gasteiger partial charge in [0.2, 0.25) is 0 Å². The molecule has 22 heavy (non-hydrogen) atoms. The number of esters is 1. The van der Waals surface area contributed by atoms with Crippen LogP contribution in [0.1, 0.15) is 61.8 Å². The van der Waals surface area contributed by atoms with Crippen molar-refractivity contribution in [3.8, 4) is 0 Å². The van der Waals surface area contributed by atoms with Crippen LogP contribution in [0.2, 0.25) is 0 Å². The molecule has 0 aliphatic rings. The Hall–Kier alpha value is -1.59. The highest BCUT2D eigenvalue weighted by Gasteiger charge is 2.36. The van der Waals surface area contributed by atoms with Gasteiger partial charge in [-0.25, -0.2) is 4.79 Å². The van der Waals surface area contributed by atoms with E-state index < -0.39 is 35.2 Å². The van der Waals surface area contributed by atoms with Crippen LogP contribution in [0.3, 0.4) is 0 Å². The van der Waals surface area contributed by atoms with E-state index in [1.807, 2.05) is 0 Å². The summed E-state index contributed by atoms with van der Waals surface area (Å²) in [6.07, 6.45) is -0.253. The lowest BCUT2D eigenvalue weighted by atomic mass is 9.93. The zero-order valence-electron chi connectivity index (χ0n) is 14.9. The predicted octanol–water partition coefficient (Wildman–Crippen LogP) is 2.84. The molecule has 0 fully saturated rings. The maximum Gasteiger partial charge on any atom is 0.407 e. The summed E-state index contributed by atoms with van der Waals surface area (Å²) in [5.41, 5.74) is -1.35. The molecule has 0 aromatic heterocycles. The van der Waals surface area contributed by atoms with E-state index in [4.69, 9.17) is 9.47 Å². The fraction of sp³-hybridized carbons (Fsp3) is 0.812. The molecule has 0 bridgehead atoms. The average Bonchev–Trinajstić information content (AvgIpc) is 2.21. The third-order valence-corrected chi connectivity index (χ3v) is 2.64. The number of nitrogens with one attached hydrogen (secondary N) is 1. The number of ketones is 1.